The summed E-state index contributed by atoms with van der Waals surface area (Å²) in [6, 6.07) is 17.1. The molecule has 8 heteroatoms. The van der Waals surface area contributed by atoms with E-state index < -0.39 is 0 Å². The summed E-state index contributed by atoms with van der Waals surface area (Å²) in [5, 5.41) is 6.74. The van der Waals surface area contributed by atoms with E-state index in [1.54, 1.807) is 30.5 Å². The molecule has 0 radical (unpaired) electrons. The Balaban J connectivity index is 0.000000127. The maximum absolute atomic E-state index is 13.9. The number of carbonyl (C=O) groups is 2. The van der Waals surface area contributed by atoms with E-state index in [0.29, 0.717) is 46.0 Å². The highest BCUT2D eigenvalue weighted by molar-refractivity contribution is 6.37. The second-order valence-electron chi connectivity index (χ2n) is 9.38. The Kier molecular flexibility index (Phi) is 4.84. The Morgan fingerprint density at radius 3 is 2.13 bits per heavy atom. The zero-order valence-electron chi connectivity index (χ0n) is 19.9. The van der Waals surface area contributed by atoms with Crippen LogP contribution in [0.2, 0.25) is 0 Å². The minimum absolute atomic E-state index is 0.133. The number of nitrogens with one attached hydrogen (secondary N) is 4. The monoisotopic (exact) mass is 506 g/mol. The molecular weight excluding hydrogens is 486 g/mol. The molecule has 1 aliphatic carbocycles. The van der Waals surface area contributed by atoms with Crippen LogP contribution in [-0.4, -0.2) is 21.8 Å². The molecule has 3 aliphatic rings. The van der Waals surface area contributed by atoms with E-state index in [1.807, 2.05) is 30.5 Å². The molecule has 186 valence electrons. The zero-order chi connectivity index (χ0) is 26.0. The number of hydrogen-bond acceptors (Lipinski definition) is 2. The third-order valence-corrected chi connectivity index (χ3v) is 7.32. The van der Waals surface area contributed by atoms with Crippen LogP contribution in [0.1, 0.15) is 33.6 Å². The van der Waals surface area contributed by atoms with Gasteiger partial charge in [-0.25, -0.2) is 8.78 Å². The highest BCUT2D eigenvalue weighted by Crippen LogP contribution is 2.45. The molecule has 0 bridgehead atoms. The second-order valence-corrected chi connectivity index (χ2v) is 9.38. The summed E-state index contributed by atoms with van der Waals surface area (Å²) in [6.07, 6.45) is 4.93. The van der Waals surface area contributed by atoms with Crippen LogP contribution in [0.3, 0.4) is 0 Å². The summed E-state index contributed by atoms with van der Waals surface area (Å²) in [6.45, 7) is 0. The lowest BCUT2D eigenvalue weighted by molar-refractivity contribution is -0.110. The molecule has 2 aromatic heterocycles. The van der Waals surface area contributed by atoms with E-state index in [0.717, 1.165) is 33.8 Å². The number of aromatic amines is 2. The molecule has 0 spiro atoms. The number of benzene rings is 3. The summed E-state index contributed by atoms with van der Waals surface area (Å²) in [5.41, 5.74) is 7.51. The van der Waals surface area contributed by atoms with E-state index in [9.17, 15) is 18.4 Å². The van der Waals surface area contributed by atoms with Gasteiger partial charge in [0, 0.05) is 57.1 Å². The third kappa shape index (κ3) is 3.23. The average Bonchev–Trinajstić information content (AvgIpc) is 3.73. The number of amides is 2. The van der Waals surface area contributed by atoms with Crippen LogP contribution in [0.25, 0.3) is 33.2 Å². The Labute approximate surface area is 215 Å². The molecule has 0 unspecified atom stereocenters. The van der Waals surface area contributed by atoms with Crippen LogP contribution in [0.4, 0.5) is 20.2 Å². The molecule has 2 aliphatic heterocycles. The van der Waals surface area contributed by atoms with Crippen molar-refractivity contribution in [2.45, 2.75) is 12.8 Å². The lowest BCUT2D eigenvalue weighted by Gasteiger charge is -2.18. The quantitative estimate of drug-likeness (QED) is 0.220. The van der Waals surface area contributed by atoms with Crippen molar-refractivity contribution in [1.29, 1.82) is 0 Å². The van der Waals surface area contributed by atoms with Gasteiger partial charge in [0.2, 0.25) is 0 Å². The number of allylic oxidation sites excluding steroid dienone is 1. The Hall–Kier alpha value is -4.98. The number of hydrogen-bond donors (Lipinski definition) is 4. The number of anilines is 2. The topological polar surface area (TPSA) is 89.8 Å². The summed E-state index contributed by atoms with van der Waals surface area (Å²) >= 11 is 0. The van der Waals surface area contributed by atoms with Crippen LogP contribution in [0.15, 0.2) is 73.1 Å². The molecule has 0 atom stereocenters. The molecule has 5 aromatic rings. The molecule has 8 rings (SSSR count). The molecule has 6 nitrogen and oxygen atoms in total. The maximum atomic E-state index is 13.9. The van der Waals surface area contributed by atoms with Crippen LogP contribution in [0.5, 0.6) is 0 Å². The fourth-order valence-corrected chi connectivity index (χ4v) is 5.66. The van der Waals surface area contributed by atoms with Crippen molar-refractivity contribution in [2.24, 2.45) is 0 Å². The Morgan fingerprint density at radius 1 is 0.658 bits per heavy atom. The largest absolute Gasteiger partial charge is 0.361 e. The molecule has 4 N–H and O–H groups in total. The zero-order valence-corrected chi connectivity index (χ0v) is 19.9. The lowest BCUT2D eigenvalue weighted by atomic mass is 9.84. The summed E-state index contributed by atoms with van der Waals surface area (Å²) in [7, 11) is 0. The van der Waals surface area contributed by atoms with Gasteiger partial charge in [-0.1, -0.05) is 12.1 Å². The molecule has 3 aromatic carbocycles. The van der Waals surface area contributed by atoms with Crippen LogP contribution in [-0.2, 0) is 11.2 Å². The standard InChI is InChI=1S/C15H11FN2O.C15H9FN2O/c2*16-10-5-6-12-13-8(10)3-4-9(11-2-1-7-17-11)14(13)15(19)18-12/h1-2,5-7,17H,3-4H2,(H,18,19);1-7,17H,(H,18,19). The van der Waals surface area contributed by atoms with Gasteiger partial charge in [-0.3, -0.25) is 9.59 Å². The molecule has 0 saturated carbocycles. The van der Waals surface area contributed by atoms with Crippen molar-refractivity contribution in [3.05, 3.63) is 107 Å². The summed E-state index contributed by atoms with van der Waals surface area (Å²) in [5.74, 6) is -0.852. The number of halogens is 2. The Bertz CT molecular complexity index is 1820. The molecular formula is C30H20F2N4O2. The van der Waals surface area contributed by atoms with Crippen LogP contribution < -0.4 is 10.6 Å². The van der Waals surface area contributed by atoms with Crippen molar-refractivity contribution in [3.63, 3.8) is 0 Å². The average molecular weight is 507 g/mol. The maximum Gasteiger partial charge on any atom is 0.257 e. The van der Waals surface area contributed by atoms with Crippen molar-refractivity contribution < 1.29 is 18.4 Å². The van der Waals surface area contributed by atoms with Gasteiger partial charge < -0.3 is 20.6 Å². The number of carbonyl (C=O) groups excluding carboxylic acids is 2. The summed E-state index contributed by atoms with van der Waals surface area (Å²) < 4.78 is 27.7. The Morgan fingerprint density at radius 2 is 1.37 bits per heavy atom. The minimum atomic E-state index is -0.311. The molecule has 0 fully saturated rings. The van der Waals surface area contributed by atoms with Crippen molar-refractivity contribution in [3.8, 4) is 11.3 Å². The smallest absolute Gasteiger partial charge is 0.257 e. The lowest BCUT2D eigenvalue weighted by Crippen LogP contribution is -2.10. The number of rotatable bonds is 2. The van der Waals surface area contributed by atoms with E-state index in [1.165, 1.54) is 12.1 Å². The van der Waals surface area contributed by atoms with Gasteiger partial charge >= 0.3 is 0 Å². The van der Waals surface area contributed by atoms with Gasteiger partial charge in [-0.15, -0.1) is 0 Å². The van der Waals surface area contributed by atoms with Gasteiger partial charge in [0.25, 0.3) is 11.8 Å². The van der Waals surface area contributed by atoms with E-state index in [4.69, 9.17) is 0 Å². The van der Waals surface area contributed by atoms with E-state index in [-0.39, 0.29) is 23.4 Å². The number of H-pyrrole nitrogens is 2. The molecule has 38 heavy (non-hydrogen) atoms. The van der Waals surface area contributed by atoms with Gasteiger partial charge in [0.1, 0.15) is 11.6 Å². The predicted octanol–water partition coefficient (Wildman–Crippen LogP) is 6.50. The van der Waals surface area contributed by atoms with Crippen molar-refractivity contribution in [2.75, 3.05) is 10.6 Å². The normalized spacial score (nSPS) is 14.8. The van der Waals surface area contributed by atoms with Gasteiger partial charge in [0.05, 0.1) is 11.1 Å². The minimum Gasteiger partial charge on any atom is -0.361 e. The first-order valence-electron chi connectivity index (χ1n) is 12.2. The van der Waals surface area contributed by atoms with Crippen molar-refractivity contribution >= 4 is 45.1 Å². The van der Waals surface area contributed by atoms with Gasteiger partial charge in [0.15, 0.2) is 0 Å². The van der Waals surface area contributed by atoms with Crippen LogP contribution in [0, 0.1) is 11.6 Å². The third-order valence-electron chi connectivity index (χ3n) is 7.32. The summed E-state index contributed by atoms with van der Waals surface area (Å²) in [4.78, 5) is 30.5. The first kappa shape index (κ1) is 22.2. The highest BCUT2D eigenvalue weighted by Gasteiger charge is 2.34. The van der Waals surface area contributed by atoms with E-state index >= 15 is 0 Å². The fourth-order valence-electron chi connectivity index (χ4n) is 5.66. The SMILES string of the molecule is O=C1Nc2ccc(F)c3c2C1=C(c1ccc[nH]1)CC3.O=C1Nc2ccc(F)c3ccc(-c4ccc[nH]4)c1c23. The molecule has 2 amide bonds. The van der Waals surface area contributed by atoms with Crippen LogP contribution >= 0.6 is 0 Å². The highest BCUT2D eigenvalue weighted by atomic mass is 19.1. The first-order chi connectivity index (χ1) is 18.5. The molecule has 4 heterocycles. The number of aromatic nitrogens is 2. The first-order valence-corrected chi connectivity index (χ1v) is 12.2. The fraction of sp³-hybridized carbons (Fsp3) is 0.0667. The van der Waals surface area contributed by atoms with Crippen molar-refractivity contribution in [1.82, 2.24) is 9.97 Å². The van der Waals surface area contributed by atoms with Gasteiger partial charge in [-0.2, -0.15) is 0 Å². The molecule has 0 saturated heterocycles. The second kappa shape index (κ2) is 8.27. The van der Waals surface area contributed by atoms with E-state index in [2.05, 4.69) is 20.6 Å². The predicted molar refractivity (Wildman–Crippen MR) is 143 cm³/mol. The van der Waals surface area contributed by atoms with Gasteiger partial charge in [-0.05, 0) is 72.5 Å².